The molecule has 0 radical (unpaired) electrons. The highest BCUT2D eigenvalue weighted by atomic mass is 35.5. The average Bonchev–Trinajstić information content (AvgIpc) is 2.99. The van der Waals surface area contributed by atoms with E-state index in [0.717, 1.165) is 34.3 Å². The highest BCUT2D eigenvalue weighted by Crippen LogP contribution is 2.23. The molecule has 2 aromatic carbocycles. The van der Waals surface area contributed by atoms with Crippen LogP contribution in [0.4, 0.5) is 0 Å². The number of carbonyl (C=O) groups excluding carboxylic acids is 1. The van der Waals surface area contributed by atoms with Crippen molar-refractivity contribution >= 4 is 28.4 Å². The number of hydrogen-bond donors (Lipinski definition) is 2. The molecule has 124 valence electrons. The lowest BCUT2D eigenvalue weighted by molar-refractivity contribution is -0.122. The quantitative estimate of drug-likeness (QED) is 0.672. The van der Waals surface area contributed by atoms with Crippen molar-refractivity contribution in [2.75, 3.05) is 6.54 Å². The number of aromatic nitrogens is 1. The summed E-state index contributed by atoms with van der Waals surface area (Å²) in [5.74, 6) is -0.00909. The minimum atomic E-state index is -0.0939. The van der Waals surface area contributed by atoms with E-state index in [4.69, 9.17) is 11.6 Å². The zero-order valence-corrected chi connectivity index (χ0v) is 14.4. The molecule has 0 bridgehead atoms. The van der Waals surface area contributed by atoms with E-state index >= 15 is 0 Å². The van der Waals surface area contributed by atoms with Gasteiger partial charge in [0, 0.05) is 28.7 Å². The monoisotopic (exact) mass is 340 g/mol. The predicted octanol–water partition coefficient (Wildman–Crippen LogP) is 4.67. The smallest absolute Gasteiger partial charge is 0.227 e. The van der Waals surface area contributed by atoms with Gasteiger partial charge >= 0.3 is 0 Å². The van der Waals surface area contributed by atoms with Gasteiger partial charge in [0.05, 0.1) is 5.92 Å². The molecule has 0 unspecified atom stereocenters. The minimum Gasteiger partial charge on any atom is -0.361 e. The number of rotatable bonds is 6. The lowest BCUT2D eigenvalue weighted by Crippen LogP contribution is -2.30. The lowest BCUT2D eigenvalue weighted by Gasteiger charge is -2.15. The van der Waals surface area contributed by atoms with E-state index < -0.39 is 0 Å². The molecule has 0 aliphatic rings. The van der Waals surface area contributed by atoms with E-state index in [1.165, 1.54) is 5.56 Å². The number of nitrogens with one attached hydrogen (secondary N) is 2. The van der Waals surface area contributed by atoms with Crippen LogP contribution in [0.25, 0.3) is 10.9 Å². The minimum absolute atomic E-state index is 0.0848. The van der Waals surface area contributed by atoms with Crippen LogP contribution in [0.5, 0.6) is 0 Å². The van der Waals surface area contributed by atoms with E-state index in [-0.39, 0.29) is 11.8 Å². The number of halogens is 1. The number of aromatic amines is 1. The molecular weight excluding hydrogens is 320 g/mol. The van der Waals surface area contributed by atoms with Gasteiger partial charge in [-0.05, 0) is 42.2 Å². The van der Waals surface area contributed by atoms with E-state index in [2.05, 4.69) is 10.3 Å². The molecule has 0 fully saturated rings. The van der Waals surface area contributed by atoms with Crippen LogP contribution < -0.4 is 5.32 Å². The summed E-state index contributed by atoms with van der Waals surface area (Å²) >= 11 is 6.08. The number of H-pyrrole nitrogens is 1. The van der Waals surface area contributed by atoms with Crippen molar-refractivity contribution in [1.82, 2.24) is 10.3 Å². The first-order valence-corrected chi connectivity index (χ1v) is 8.65. The topological polar surface area (TPSA) is 44.9 Å². The summed E-state index contributed by atoms with van der Waals surface area (Å²) in [6.45, 7) is 2.65. The van der Waals surface area contributed by atoms with Crippen LogP contribution in [0.2, 0.25) is 5.02 Å². The van der Waals surface area contributed by atoms with E-state index in [1.807, 2.05) is 61.7 Å². The molecule has 3 rings (SSSR count). The van der Waals surface area contributed by atoms with E-state index in [0.29, 0.717) is 6.54 Å². The van der Waals surface area contributed by atoms with Gasteiger partial charge in [-0.2, -0.15) is 0 Å². The summed E-state index contributed by atoms with van der Waals surface area (Å²) in [4.78, 5) is 15.7. The van der Waals surface area contributed by atoms with Crippen molar-refractivity contribution in [1.29, 1.82) is 0 Å². The molecule has 0 saturated heterocycles. The summed E-state index contributed by atoms with van der Waals surface area (Å²) < 4.78 is 0. The maximum Gasteiger partial charge on any atom is 0.227 e. The molecular formula is C20H21ClN2O. The Hall–Kier alpha value is -2.26. The Morgan fingerprint density at radius 2 is 2.00 bits per heavy atom. The van der Waals surface area contributed by atoms with Crippen LogP contribution in [0.15, 0.2) is 54.7 Å². The SMILES string of the molecule is CC[C@@H](C(=O)NCCc1c[nH]c2ccc(Cl)cc12)c1ccccc1. The van der Waals surface area contributed by atoms with Gasteiger partial charge in [0.2, 0.25) is 5.91 Å². The van der Waals surface area contributed by atoms with Gasteiger partial charge in [0.25, 0.3) is 0 Å². The third kappa shape index (κ3) is 3.62. The molecule has 0 aliphatic heterocycles. The Bertz CT molecular complexity index is 826. The van der Waals surface area contributed by atoms with Gasteiger partial charge in [-0.1, -0.05) is 48.9 Å². The highest BCUT2D eigenvalue weighted by molar-refractivity contribution is 6.31. The van der Waals surface area contributed by atoms with Gasteiger partial charge in [-0.15, -0.1) is 0 Å². The van der Waals surface area contributed by atoms with Crippen LogP contribution in [0.3, 0.4) is 0 Å². The van der Waals surface area contributed by atoms with Crippen LogP contribution in [0.1, 0.15) is 30.4 Å². The fraction of sp³-hybridized carbons (Fsp3) is 0.250. The highest BCUT2D eigenvalue weighted by Gasteiger charge is 2.17. The molecule has 1 heterocycles. The Kier molecular flexibility index (Phi) is 5.21. The first-order valence-electron chi connectivity index (χ1n) is 8.27. The average molecular weight is 341 g/mol. The Morgan fingerprint density at radius 1 is 1.21 bits per heavy atom. The second kappa shape index (κ2) is 7.54. The standard InChI is InChI=1S/C20H21ClN2O/c1-2-17(14-6-4-3-5-7-14)20(24)22-11-10-15-13-23-19-9-8-16(21)12-18(15)19/h3-9,12-13,17,23H,2,10-11H2,1H3,(H,22,24)/t17-/m1/s1. The molecule has 0 aliphatic carbocycles. The van der Waals surface area contributed by atoms with Gasteiger partial charge in [0.15, 0.2) is 0 Å². The molecule has 0 saturated carbocycles. The molecule has 3 nitrogen and oxygen atoms in total. The summed E-state index contributed by atoms with van der Waals surface area (Å²) in [5, 5.41) is 4.91. The molecule has 4 heteroatoms. The van der Waals surface area contributed by atoms with Gasteiger partial charge in [0.1, 0.15) is 0 Å². The number of benzene rings is 2. The lowest BCUT2D eigenvalue weighted by atomic mass is 9.95. The van der Waals surface area contributed by atoms with Crippen LogP contribution in [0, 0.1) is 0 Å². The second-order valence-corrected chi connectivity index (χ2v) is 6.35. The van der Waals surface area contributed by atoms with Crippen molar-refractivity contribution in [2.45, 2.75) is 25.7 Å². The number of hydrogen-bond acceptors (Lipinski definition) is 1. The largest absolute Gasteiger partial charge is 0.361 e. The predicted molar refractivity (Wildman–Crippen MR) is 99.5 cm³/mol. The van der Waals surface area contributed by atoms with Gasteiger partial charge in [-0.3, -0.25) is 4.79 Å². The Labute approximate surface area is 147 Å². The third-order valence-electron chi connectivity index (χ3n) is 4.35. The normalized spacial score (nSPS) is 12.2. The molecule has 24 heavy (non-hydrogen) atoms. The summed E-state index contributed by atoms with van der Waals surface area (Å²) in [6, 6.07) is 15.7. The number of amides is 1. The summed E-state index contributed by atoms with van der Waals surface area (Å²) in [6.07, 6.45) is 3.55. The van der Waals surface area contributed by atoms with Crippen LogP contribution in [-0.4, -0.2) is 17.4 Å². The van der Waals surface area contributed by atoms with Crippen molar-refractivity contribution < 1.29 is 4.79 Å². The maximum absolute atomic E-state index is 12.5. The molecule has 3 aromatic rings. The van der Waals surface area contributed by atoms with Crippen molar-refractivity contribution in [3.8, 4) is 0 Å². The zero-order chi connectivity index (χ0) is 16.9. The second-order valence-electron chi connectivity index (χ2n) is 5.92. The molecule has 1 atom stereocenters. The fourth-order valence-corrected chi connectivity index (χ4v) is 3.23. The summed E-state index contributed by atoms with van der Waals surface area (Å²) in [5.41, 5.74) is 3.30. The van der Waals surface area contributed by atoms with Crippen molar-refractivity contribution in [2.24, 2.45) is 0 Å². The molecule has 2 N–H and O–H groups in total. The van der Waals surface area contributed by atoms with Crippen LogP contribution in [-0.2, 0) is 11.2 Å². The van der Waals surface area contributed by atoms with Gasteiger partial charge in [-0.25, -0.2) is 0 Å². The number of carbonyl (C=O) groups is 1. The molecule has 1 amide bonds. The molecule has 0 spiro atoms. The first-order chi connectivity index (χ1) is 11.7. The molecule has 1 aromatic heterocycles. The van der Waals surface area contributed by atoms with Crippen LogP contribution >= 0.6 is 11.6 Å². The number of fused-ring (bicyclic) bond motifs is 1. The van der Waals surface area contributed by atoms with Gasteiger partial charge < -0.3 is 10.3 Å². The Balaban J connectivity index is 1.62. The van der Waals surface area contributed by atoms with Crippen molar-refractivity contribution in [3.63, 3.8) is 0 Å². The van der Waals surface area contributed by atoms with E-state index in [1.54, 1.807) is 0 Å². The third-order valence-corrected chi connectivity index (χ3v) is 4.58. The Morgan fingerprint density at radius 3 is 2.75 bits per heavy atom. The van der Waals surface area contributed by atoms with E-state index in [9.17, 15) is 4.79 Å². The summed E-state index contributed by atoms with van der Waals surface area (Å²) in [7, 11) is 0. The first kappa shape index (κ1) is 16.6. The fourth-order valence-electron chi connectivity index (χ4n) is 3.06. The van der Waals surface area contributed by atoms with Crippen molar-refractivity contribution in [3.05, 3.63) is 70.9 Å². The zero-order valence-electron chi connectivity index (χ0n) is 13.7. The maximum atomic E-state index is 12.5.